The maximum atomic E-state index is 13.8. The molecule has 4 rings (SSSR count). The number of hydrogen-bond donors (Lipinski definition) is 0. The molecule has 36 heavy (non-hydrogen) atoms. The molecule has 9 heteroatoms. The number of methoxy groups -OCH3 is 1. The van der Waals surface area contributed by atoms with Gasteiger partial charge in [0.2, 0.25) is 5.91 Å². The molecule has 3 aromatic rings. The van der Waals surface area contributed by atoms with Crippen LogP contribution in [0.5, 0.6) is 0 Å². The molecule has 0 saturated carbocycles. The van der Waals surface area contributed by atoms with Crippen LogP contribution in [0, 0.1) is 0 Å². The average Bonchev–Trinajstić information content (AvgIpc) is 3.40. The smallest absolute Gasteiger partial charge is 0.342 e. The predicted octanol–water partition coefficient (Wildman–Crippen LogP) is 4.03. The van der Waals surface area contributed by atoms with Crippen molar-refractivity contribution in [3.05, 3.63) is 69.7 Å². The Kier molecular flexibility index (Phi) is 7.79. The Morgan fingerprint density at radius 1 is 1.08 bits per heavy atom. The molecular formula is C27H30N4O4S. The number of amides is 2. The zero-order chi connectivity index (χ0) is 25.8. The van der Waals surface area contributed by atoms with E-state index in [2.05, 4.69) is 9.97 Å². The maximum absolute atomic E-state index is 13.8. The minimum Gasteiger partial charge on any atom is -0.465 e. The molecule has 1 saturated heterocycles. The van der Waals surface area contributed by atoms with Crippen molar-refractivity contribution >= 4 is 29.1 Å². The summed E-state index contributed by atoms with van der Waals surface area (Å²) in [4.78, 5) is 53.2. The second-order valence-corrected chi connectivity index (χ2v) is 10.1. The van der Waals surface area contributed by atoms with Gasteiger partial charge in [0.15, 0.2) is 5.82 Å². The van der Waals surface area contributed by atoms with Gasteiger partial charge in [-0.15, -0.1) is 11.3 Å². The topological polar surface area (TPSA) is 92.7 Å². The van der Waals surface area contributed by atoms with Crippen LogP contribution in [0.15, 0.2) is 47.8 Å². The van der Waals surface area contributed by atoms with Gasteiger partial charge in [-0.25, -0.2) is 14.8 Å². The number of ether oxygens (including phenoxy) is 1. The van der Waals surface area contributed by atoms with Gasteiger partial charge in [-0.05, 0) is 24.3 Å². The molecule has 1 aliphatic heterocycles. The predicted molar refractivity (Wildman–Crippen MR) is 138 cm³/mol. The summed E-state index contributed by atoms with van der Waals surface area (Å²) in [5.74, 6) is -0.716. The van der Waals surface area contributed by atoms with E-state index in [1.165, 1.54) is 7.11 Å². The number of hydrogen-bond acceptors (Lipinski definition) is 7. The van der Waals surface area contributed by atoms with Gasteiger partial charge in [0, 0.05) is 36.1 Å². The Balaban J connectivity index is 1.65. The van der Waals surface area contributed by atoms with E-state index in [0.717, 1.165) is 10.4 Å². The number of esters is 1. The lowest BCUT2D eigenvalue weighted by molar-refractivity contribution is -0.134. The highest BCUT2D eigenvalue weighted by Crippen LogP contribution is 2.27. The molecule has 0 aliphatic carbocycles. The van der Waals surface area contributed by atoms with E-state index in [0.29, 0.717) is 37.6 Å². The van der Waals surface area contributed by atoms with Crippen LogP contribution < -0.4 is 0 Å². The zero-order valence-corrected chi connectivity index (χ0v) is 21.7. The van der Waals surface area contributed by atoms with Crippen LogP contribution in [0.1, 0.15) is 58.1 Å². The van der Waals surface area contributed by atoms with Crippen LogP contribution in [0.4, 0.5) is 0 Å². The quantitative estimate of drug-likeness (QED) is 0.469. The van der Waals surface area contributed by atoms with E-state index >= 15 is 0 Å². The second kappa shape index (κ2) is 11.0. The first-order chi connectivity index (χ1) is 17.3. The van der Waals surface area contributed by atoms with E-state index in [4.69, 9.17) is 4.74 Å². The summed E-state index contributed by atoms with van der Waals surface area (Å²) < 4.78 is 5.03. The Labute approximate surface area is 214 Å². The molecule has 8 nitrogen and oxygen atoms in total. The number of piperazine rings is 1. The largest absolute Gasteiger partial charge is 0.465 e. The van der Waals surface area contributed by atoms with Crippen LogP contribution in [0.2, 0.25) is 0 Å². The van der Waals surface area contributed by atoms with Crippen molar-refractivity contribution in [1.82, 2.24) is 19.8 Å². The summed E-state index contributed by atoms with van der Waals surface area (Å²) in [5, 5.41) is 1.96. The molecule has 0 bridgehead atoms. The van der Waals surface area contributed by atoms with Gasteiger partial charge >= 0.3 is 5.97 Å². The summed E-state index contributed by atoms with van der Waals surface area (Å²) in [5.41, 5.74) is 1.35. The van der Waals surface area contributed by atoms with Gasteiger partial charge in [-0.3, -0.25) is 9.59 Å². The molecule has 0 N–H and O–H groups in total. The molecule has 188 valence electrons. The molecule has 2 aromatic heterocycles. The monoisotopic (exact) mass is 506 g/mol. The third kappa shape index (κ3) is 5.31. The SMILES string of the molecule is COC(=O)c1c(C(=O)N2CCN(C(=O)Cc3cccs3)C(C)C2)nc(-c2ccccc2)nc1C(C)C. The summed E-state index contributed by atoms with van der Waals surface area (Å²) in [6, 6.07) is 13.1. The van der Waals surface area contributed by atoms with E-state index < -0.39 is 5.97 Å². The normalized spacial score (nSPS) is 15.8. The van der Waals surface area contributed by atoms with Gasteiger partial charge in [0.25, 0.3) is 5.91 Å². The van der Waals surface area contributed by atoms with Gasteiger partial charge in [-0.2, -0.15) is 0 Å². The van der Waals surface area contributed by atoms with Crippen molar-refractivity contribution in [3.63, 3.8) is 0 Å². The van der Waals surface area contributed by atoms with Crippen LogP contribution in [-0.4, -0.2) is 70.3 Å². The van der Waals surface area contributed by atoms with Crippen LogP contribution in [-0.2, 0) is 16.0 Å². The molecule has 2 amide bonds. The fraction of sp³-hybridized carbons (Fsp3) is 0.370. The zero-order valence-electron chi connectivity index (χ0n) is 20.9. The number of benzene rings is 1. The number of rotatable bonds is 6. The minimum atomic E-state index is -0.639. The van der Waals surface area contributed by atoms with Crippen molar-refractivity contribution in [2.75, 3.05) is 26.7 Å². The van der Waals surface area contributed by atoms with Gasteiger partial charge < -0.3 is 14.5 Å². The van der Waals surface area contributed by atoms with Gasteiger partial charge in [-0.1, -0.05) is 50.2 Å². The van der Waals surface area contributed by atoms with Gasteiger partial charge in [0.05, 0.1) is 19.2 Å². The Bertz CT molecular complexity index is 1240. The number of aromatic nitrogens is 2. The van der Waals surface area contributed by atoms with Crippen molar-refractivity contribution in [2.24, 2.45) is 0 Å². The molecule has 1 fully saturated rings. The summed E-state index contributed by atoms with van der Waals surface area (Å²) in [6.07, 6.45) is 0.354. The molecule has 1 unspecified atom stereocenters. The van der Waals surface area contributed by atoms with Crippen molar-refractivity contribution in [1.29, 1.82) is 0 Å². The van der Waals surface area contributed by atoms with E-state index in [9.17, 15) is 14.4 Å². The molecule has 1 aromatic carbocycles. The number of carbonyl (C=O) groups is 3. The molecule has 0 spiro atoms. The van der Waals surface area contributed by atoms with Crippen molar-refractivity contribution < 1.29 is 19.1 Å². The van der Waals surface area contributed by atoms with Crippen LogP contribution in [0.3, 0.4) is 0 Å². The average molecular weight is 507 g/mol. The highest BCUT2D eigenvalue weighted by molar-refractivity contribution is 7.10. The summed E-state index contributed by atoms with van der Waals surface area (Å²) in [7, 11) is 1.28. The van der Waals surface area contributed by atoms with E-state index in [1.807, 2.05) is 73.5 Å². The lowest BCUT2D eigenvalue weighted by Crippen LogP contribution is -2.56. The van der Waals surface area contributed by atoms with Crippen molar-refractivity contribution in [2.45, 2.75) is 39.2 Å². The second-order valence-electron chi connectivity index (χ2n) is 9.11. The minimum absolute atomic E-state index is 0.0324. The molecule has 0 radical (unpaired) electrons. The molecule has 3 heterocycles. The number of thiophene rings is 1. The highest BCUT2D eigenvalue weighted by Gasteiger charge is 2.34. The Hall–Kier alpha value is -3.59. The molecule has 1 aliphatic rings. The molecular weight excluding hydrogens is 476 g/mol. The number of carbonyl (C=O) groups excluding carboxylic acids is 3. The maximum Gasteiger partial charge on any atom is 0.342 e. The third-order valence-corrected chi connectivity index (χ3v) is 7.12. The first-order valence-electron chi connectivity index (χ1n) is 12.0. The van der Waals surface area contributed by atoms with Gasteiger partial charge in [0.1, 0.15) is 11.3 Å². The molecule has 1 atom stereocenters. The summed E-state index contributed by atoms with van der Waals surface area (Å²) >= 11 is 1.56. The lowest BCUT2D eigenvalue weighted by Gasteiger charge is -2.40. The van der Waals surface area contributed by atoms with E-state index in [1.54, 1.807) is 16.2 Å². The lowest BCUT2D eigenvalue weighted by atomic mass is 10.00. The standard InChI is InChI=1S/C27H30N4O4S/c1-17(2)23-22(27(34)35-4)24(29-25(28-23)19-9-6-5-7-10-19)26(33)30-12-13-31(18(3)16-30)21(32)15-20-11-8-14-36-20/h5-11,14,17-18H,12-13,15-16H2,1-4H3. The van der Waals surface area contributed by atoms with Crippen molar-refractivity contribution in [3.8, 4) is 11.4 Å². The highest BCUT2D eigenvalue weighted by atomic mass is 32.1. The van der Waals surface area contributed by atoms with Crippen LogP contribution in [0.25, 0.3) is 11.4 Å². The first kappa shape index (κ1) is 25.5. The fourth-order valence-electron chi connectivity index (χ4n) is 4.40. The Morgan fingerprint density at radius 2 is 1.83 bits per heavy atom. The summed E-state index contributed by atoms with van der Waals surface area (Å²) in [6.45, 7) is 6.87. The third-order valence-electron chi connectivity index (χ3n) is 6.25. The first-order valence-corrected chi connectivity index (χ1v) is 12.8. The van der Waals surface area contributed by atoms with E-state index in [-0.39, 0.29) is 35.0 Å². The number of nitrogens with zero attached hydrogens (tertiary/aromatic N) is 4. The van der Waals surface area contributed by atoms with Crippen LogP contribution >= 0.6 is 11.3 Å². The Morgan fingerprint density at radius 3 is 2.44 bits per heavy atom. The fourth-order valence-corrected chi connectivity index (χ4v) is 5.09.